The molecule has 13 heavy (non-hydrogen) atoms. The summed E-state index contributed by atoms with van der Waals surface area (Å²) >= 11 is 0. The van der Waals surface area contributed by atoms with Gasteiger partial charge >= 0.3 is 0 Å². The lowest BCUT2D eigenvalue weighted by Gasteiger charge is -2.42. The molecule has 2 N–H and O–H groups in total. The molecular formula is C11H24N2. The standard InChI is InChI=1S/C11H24N2/c1-10(2)7-13-9-11(8-12-3)5-4-6-11/h10,12-13H,4-9H2,1-3H3. The first-order chi connectivity index (χ1) is 6.18. The average Bonchev–Trinajstić information content (AvgIpc) is 1.99. The summed E-state index contributed by atoms with van der Waals surface area (Å²) in [6.07, 6.45) is 4.23. The normalized spacial score (nSPS) is 20.3. The summed E-state index contributed by atoms with van der Waals surface area (Å²) in [6, 6.07) is 0. The van der Waals surface area contributed by atoms with Gasteiger partial charge in [0, 0.05) is 13.1 Å². The zero-order chi connectivity index (χ0) is 9.73. The lowest BCUT2D eigenvalue weighted by molar-refractivity contribution is 0.129. The van der Waals surface area contributed by atoms with E-state index in [0.29, 0.717) is 5.41 Å². The monoisotopic (exact) mass is 184 g/mol. The van der Waals surface area contributed by atoms with Crippen LogP contribution in [-0.4, -0.2) is 26.7 Å². The molecule has 0 aliphatic heterocycles. The summed E-state index contributed by atoms with van der Waals surface area (Å²) in [5.74, 6) is 0.770. The van der Waals surface area contributed by atoms with Crippen molar-refractivity contribution in [3.63, 3.8) is 0 Å². The SMILES string of the molecule is CNCC1(CNCC(C)C)CCC1. The summed E-state index contributed by atoms with van der Waals surface area (Å²) in [5, 5.41) is 6.88. The number of rotatable bonds is 6. The maximum Gasteiger partial charge on any atom is 0.00201 e. The van der Waals surface area contributed by atoms with E-state index in [1.165, 1.54) is 32.4 Å². The van der Waals surface area contributed by atoms with E-state index < -0.39 is 0 Å². The minimum Gasteiger partial charge on any atom is -0.319 e. The Morgan fingerprint density at radius 1 is 1.23 bits per heavy atom. The molecule has 2 nitrogen and oxygen atoms in total. The average molecular weight is 184 g/mol. The molecular weight excluding hydrogens is 160 g/mol. The quantitative estimate of drug-likeness (QED) is 0.655. The van der Waals surface area contributed by atoms with E-state index in [1.54, 1.807) is 0 Å². The Labute approximate surface area is 82.5 Å². The Bertz CT molecular complexity index is 139. The van der Waals surface area contributed by atoms with Crippen molar-refractivity contribution in [2.45, 2.75) is 33.1 Å². The molecule has 0 aromatic carbocycles. The second-order valence-corrected chi connectivity index (χ2v) is 4.91. The Hall–Kier alpha value is -0.0800. The minimum atomic E-state index is 0.587. The van der Waals surface area contributed by atoms with E-state index in [1.807, 2.05) is 0 Å². The fourth-order valence-electron chi connectivity index (χ4n) is 2.09. The molecule has 1 aliphatic rings. The van der Waals surface area contributed by atoms with Crippen molar-refractivity contribution < 1.29 is 0 Å². The first kappa shape index (κ1) is 11.0. The first-order valence-electron chi connectivity index (χ1n) is 5.54. The van der Waals surface area contributed by atoms with Crippen molar-refractivity contribution in [2.75, 3.05) is 26.7 Å². The molecule has 0 amide bonds. The molecule has 78 valence electrons. The highest BCUT2D eigenvalue weighted by molar-refractivity contribution is 4.91. The summed E-state index contributed by atoms with van der Waals surface area (Å²) in [5.41, 5.74) is 0.587. The minimum absolute atomic E-state index is 0.587. The first-order valence-corrected chi connectivity index (χ1v) is 5.54. The predicted molar refractivity (Wildman–Crippen MR) is 57.9 cm³/mol. The Kier molecular flexibility index (Phi) is 4.20. The fourth-order valence-corrected chi connectivity index (χ4v) is 2.09. The molecule has 1 aliphatic carbocycles. The number of nitrogens with one attached hydrogen (secondary N) is 2. The molecule has 0 aromatic rings. The van der Waals surface area contributed by atoms with Crippen LogP contribution in [0, 0.1) is 11.3 Å². The maximum atomic E-state index is 3.57. The Balaban J connectivity index is 2.16. The molecule has 1 rings (SSSR count). The third-order valence-corrected chi connectivity index (χ3v) is 3.02. The van der Waals surface area contributed by atoms with Crippen molar-refractivity contribution in [2.24, 2.45) is 11.3 Å². The van der Waals surface area contributed by atoms with Crippen LogP contribution in [0.25, 0.3) is 0 Å². The molecule has 2 heteroatoms. The highest BCUT2D eigenvalue weighted by Crippen LogP contribution is 2.39. The molecule has 1 saturated carbocycles. The molecule has 0 spiro atoms. The van der Waals surface area contributed by atoms with E-state index in [2.05, 4.69) is 31.5 Å². The molecule has 0 radical (unpaired) electrons. The van der Waals surface area contributed by atoms with Gasteiger partial charge in [0.15, 0.2) is 0 Å². The van der Waals surface area contributed by atoms with Crippen LogP contribution in [0.2, 0.25) is 0 Å². The van der Waals surface area contributed by atoms with Gasteiger partial charge in [0.2, 0.25) is 0 Å². The molecule has 0 aromatic heterocycles. The predicted octanol–water partition coefficient (Wildman–Crippen LogP) is 1.62. The fraction of sp³-hybridized carbons (Fsp3) is 1.00. The maximum absolute atomic E-state index is 3.57. The zero-order valence-electron chi connectivity index (χ0n) is 9.32. The molecule has 0 bridgehead atoms. The lowest BCUT2D eigenvalue weighted by atomic mass is 9.68. The van der Waals surface area contributed by atoms with Crippen LogP contribution in [0.5, 0.6) is 0 Å². The van der Waals surface area contributed by atoms with Gasteiger partial charge in [-0.1, -0.05) is 20.3 Å². The molecule has 0 saturated heterocycles. The highest BCUT2D eigenvalue weighted by Gasteiger charge is 2.35. The van der Waals surface area contributed by atoms with Crippen LogP contribution in [0.1, 0.15) is 33.1 Å². The van der Waals surface area contributed by atoms with Gasteiger partial charge in [-0.15, -0.1) is 0 Å². The summed E-state index contributed by atoms with van der Waals surface area (Å²) in [6.45, 7) is 8.06. The van der Waals surface area contributed by atoms with Crippen LogP contribution in [0.4, 0.5) is 0 Å². The van der Waals surface area contributed by atoms with Gasteiger partial charge in [-0.3, -0.25) is 0 Å². The van der Waals surface area contributed by atoms with E-state index in [0.717, 1.165) is 12.5 Å². The van der Waals surface area contributed by atoms with E-state index >= 15 is 0 Å². The molecule has 0 unspecified atom stereocenters. The summed E-state index contributed by atoms with van der Waals surface area (Å²) < 4.78 is 0. The van der Waals surface area contributed by atoms with Gasteiger partial charge in [0.05, 0.1) is 0 Å². The van der Waals surface area contributed by atoms with Crippen LogP contribution < -0.4 is 10.6 Å². The third kappa shape index (κ3) is 3.28. The van der Waals surface area contributed by atoms with Crippen molar-refractivity contribution in [1.29, 1.82) is 0 Å². The Morgan fingerprint density at radius 2 is 1.92 bits per heavy atom. The topological polar surface area (TPSA) is 24.1 Å². The molecule has 1 fully saturated rings. The van der Waals surface area contributed by atoms with Crippen LogP contribution in [0.15, 0.2) is 0 Å². The van der Waals surface area contributed by atoms with Crippen LogP contribution in [-0.2, 0) is 0 Å². The van der Waals surface area contributed by atoms with Crippen molar-refractivity contribution in [3.8, 4) is 0 Å². The molecule has 0 atom stereocenters. The number of hydrogen-bond acceptors (Lipinski definition) is 2. The van der Waals surface area contributed by atoms with Crippen molar-refractivity contribution in [1.82, 2.24) is 10.6 Å². The summed E-state index contributed by atoms with van der Waals surface area (Å²) in [7, 11) is 2.06. The smallest absolute Gasteiger partial charge is 0.00201 e. The zero-order valence-corrected chi connectivity index (χ0v) is 9.32. The molecule has 0 heterocycles. The van der Waals surface area contributed by atoms with E-state index in [-0.39, 0.29) is 0 Å². The van der Waals surface area contributed by atoms with Gasteiger partial charge in [-0.25, -0.2) is 0 Å². The van der Waals surface area contributed by atoms with Gasteiger partial charge in [0.25, 0.3) is 0 Å². The largest absolute Gasteiger partial charge is 0.319 e. The lowest BCUT2D eigenvalue weighted by Crippen LogP contribution is -2.46. The van der Waals surface area contributed by atoms with E-state index in [9.17, 15) is 0 Å². The highest BCUT2D eigenvalue weighted by atomic mass is 14.9. The van der Waals surface area contributed by atoms with Crippen LogP contribution in [0.3, 0.4) is 0 Å². The van der Waals surface area contributed by atoms with Crippen molar-refractivity contribution >= 4 is 0 Å². The van der Waals surface area contributed by atoms with Crippen molar-refractivity contribution in [3.05, 3.63) is 0 Å². The van der Waals surface area contributed by atoms with E-state index in [4.69, 9.17) is 0 Å². The van der Waals surface area contributed by atoms with Gasteiger partial charge in [-0.2, -0.15) is 0 Å². The Morgan fingerprint density at radius 3 is 2.31 bits per heavy atom. The van der Waals surface area contributed by atoms with Gasteiger partial charge in [0.1, 0.15) is 0 Å². The third-order valence-electron chi connectivity index (χ3n) is 3.02. The number of hydrogen-bond donors (Lipinski definition) is 2. The van der Waals surface area contributed by atoms with Gasteiger partial charge < -0.3 is 10.6 Å². The second-order valence-electron chi connectivity index (χ2n) is 4.91. The van der Waals surface area contributed by atoms with Crippen LogP contribution >= 0.6 is 0 Å². The second kappa shape index (κ2) is 4.97. The summed E-state index contributed by atoms with van der Waals surface area (Å²) in [4.78, 5) is 0. The van der Waals surface area contributed by atoms with Gasteiger partial charge in [-0.05, 0) is 37.8 Å².